The van der Waals surface area contributed by atoms with Crippen LogP contribution in [-0.2, 0) is 4.79 Å². The lowest BCUT2D eigenvalue weighted by molar-refractivity contribution is -0.117. The summed E-state index contributed by atoms with van der Waals surface area (Å²) in [6.45, 7) is 3.45. The maximum Gasteiger partial charge on any atom is 0.330 e. The first kappa shape index (κ1) is 14.4. The lowest BCUT2D eigenvalue weighted by atomic mass is 10.1. The Morgan fingerprint density at radius 3 is 2.73 bits per heavy atom. The van der Waals surface area contributed by atoms with Crippen LogP contribution in [0.4, 0.5) is 21.0 Å². The molecule has 2 aliphatic heterocycles. The first-order valence-corrected chi connectivity index (χ1v) is 7.33. The number of nitrogens with one attached hydrogen (secondary N) is 2. The van der Waals surface area contributed by atoms with Gasteiger partial charge in [-0.15, -0.1) is 0 Å². The second kappa shape index (κ2) is 5.67. The van der Waals surface area contributed by atoms with Gasteiger partial charge in [-0.05, 0) is 31.0 Å². The summed E-state index contributed by atoms with van der Waals surface area (Å²) >= 11 is 0. The molecule has 2 N–H and O–H groups in total. The highest BCUT2D eigenvalue weighted by molar-refractivity contribution is 6.02. The summed E-state index contributed by atoms with van der Waals surface area (Å²) in [6, 6.07) is 4.56. The maximum atomic E-state index is 12.1. The Labute approximate surface area is 128 Å². The van der Waals surface area contributed by atoms with E-state index in [-0.39, 0.29) is 11.9 Å². The first-order chi connectivity index (χ1) is 10.6. The zero-order valence-electron chi connectivity index (χ0n) is 12.4. The van der Waals surface area contributed by atoms with Crippen LogP contribution < -0.4 is 15.5 Å². The summed E-state index contributed by atoms with van der Waals surface area (Å²) in [5, 5.41) is 5.29. The van der Waals surface area contributed by atoms with E-state index in [2.05, 4.69) is 10.6 Å². The van der Waals surface area contributed by atoms with Crippen molar-refractivity contribution >= 4 is 29.3 Å². The molecule has 0 aliphatic carbocycles. The second-order valence-corrected chi connectivity index (χ2v) is 5.46. The summed E-state index contributed by atoms with van der Waals surface area (Å²) in [7, 11) is 0. The number of carbonyl (C=O) groups excluding carboxylic acids is 3. The van der Waals surface area contributed by atoms with Crippen molar-refractivity contribution in [2.45, 2.75) is 19.8 Å². The average Bonchev–Trinajstić information content (AvgIpc) is 3.09. The van der Waals surface area contributed by atoms with E-state index in [1.807, 2.05) is 13.0 Å². The lowest BCUT2D eigenvalue weighted by Crippen LogP contribution is -2.37. The summed E-state index contributed by atoms with van der Waals surface area (Å²) < 4.78 is 0. The van der Waals surface area contributed by atoms with Crippen molar-refractivity contribution in [3.63, 3.8) is 0 Å². The van der Waals surface area contributed by atoms with Gasteiger partial charge in [-0.25, -0.2) is 14.5 Å². The fourth-order valence-corrected chi connectivity index (χ4v) is 2.74. The van der Waals surface area contributed by atoms with E-state index in [1.165, 1.54) is 0 Å². The van der Waals surface area contributed by atoms with Crippen LogP contribution in [0.5, 0.6) is 0 Å². The number of amides is 5. The molecule has 7 heteroatoms. The van der Waals surface area contributed by atoms with Crippen LogP contribution in [0.3, 0.4) is 0 Å². The molecule has 0 atom stereocenters. The van der Waals surface area contributed by atoms with Gasteiger partial charge in [-0.2, -0.15) is 0 Å². The Balaban J connectivity index is 1.78. The van der Waals surface area contributed by atoms with Crippen LogP contribution in [0.15, 0.2) is 18.2 Å². The van der Waals surface area contributed by atoms with Crippen LogP contribution in [-0.4, -0.2) is 42.5 Å². The monoisotopic (exact) mass is 302 g/mol. The fourth-order valence-electron chi connectivity index (χ4n) is 2.74. The van der Waals surface area contributed by atoms with E-state index < -0.39 is 6.03 Å². The minimum absolute atomic E-state index is 0.102. The number of hydrogen-bond acceptors (Lipinski definition) is 3. The highest BCUT2D eigenvalue weighted by Crippen LogP contribution is 2.28. The van der Waals surface area contributed by atoms with Crippen LogP contribution in [0.1, 0.15) is 18.4 Å². The molecular formula is C15H18N4O3. The van der Waals surface area contributed by atoms with Crippen molar-refractivity contribution < 1.29 is 14.4 Å². The average molecular weight is 302 g/mol. The molecule has 0 bridgehead atoms. The first-order valence-electron chi connectivity index (χ1n) is 7.33. The predicted molar refractivity (Wildman–Crippen MR) is 81.9 cm³/mol. The third-order valence-corrected chi connectivity index (χ3v) is 3.93. The van der Waals surface area contributed by atoms with Crippen molar-refractivity contribution in [3.05, 3.63) is 23.8 Å². The van der Waals surface area contributed by atoms with Gasteiger partial charge in [0.15, 0.2) is 0 Å². The molecule has 116 valence electrons. The van der Waals surface area contributed by atoms with Crippen LogP contribution in [0.2, 0.25) is 0 Å². The molecule has 0 aromatic heterocycles. The van der Waals surface area contributed by atoms with Crippen LogP contribution >= 0.6 is 0 Å². The van der Waals surface area contributed by atoms with E-state index >= 15 is 0 Å². The van der Waals surface area contributed by atoms with Crippen molar-refractivity contribution in [1.29, 1.82) is 0 Å². The second-order valence-electron chi connectivity index (χ2n) is 5.46. The molecular weight excluding hydrogens is 284 g/mol. The number of aryl methyl sites for hydroxylation is 1. The van der Waals surface area contributed by atoms with Gasteiger partial charge in [0.1, 0.15) is 0 Å². The van der Waals surface area contributed by atoms with Crippen LogP contribution in [0.25, 0.3) is 0 Å². The molecule has 5 amide bonds. The summed E-state index contributed by atoms with van der Waals surface area (Å²) in [4.78, 5) is 38.3. The predicted octanol–water partition coefficient (Wildman–Crippen LogP) is 1.68. The molecule has 2 saturated heterocycles. The zero-order chi connectivity index (χ0) is 15.7. The number of anilines is 2. The zero-order valence-corrected chi connectivity index (χ0v) is 12.4. The Morgan fingerprint density at radius 2 is 2.09 bits per heavy atom. The van der Waals surface area contributed by atoms with Crippen molar-refractivity contribution in [1.82, 2.24) is 10.2 Å². The van der Waals surface area contributed by atoms with Crippen molar-refractivity contribution in [2.75, 3.05) is 29.9 Å². The highest BCUT2D eigenvalue weighted by Gasteiger charge is 2.27. The number of hydrogen-bond donors (Lipinski definition) is 2. The van der Waals surface area contributed by atoms with Gasteiger partial charge < -0.3 is 15.5 Å². The van der Waals surface area contributed by atoms with E-state index in [0.717, 1.165) is 22.6 Å². The molecule has 1 aromatic rings. The summed E-state index contributed by atoms with van der Waals surface area (Å²) in [5.74, 6) is 0.102. The number of carbonyl (C=O) groups is 3. The number of rotatable bonds is 2. The smallest absolute Gasteiger partial charge is 0.330 e. The molecule has 0 saturated carbocycles. The highest BCUT2D eigenvalue weighted by atomic mass is 16.2. The molecule has 1 aromatic carbocycles. The molecule has 2 aliphatic rings. The van der Waals surface area contributed by atoms with E-state index in [0.29, 0.717) is 31.7 Å². The topological polar surface area (TPSA) is 81.8 Å². The van der Waals surface area contributed by atoms with Gasteiger partial charge >= 0.3 is 12.1 Å². The number of imide groups is 1. The molecule has 2 fully saturated rings. The Hall–Kier alpha value is -2.57. The van der Waals surface area contributed by atoms with E-state index in [4.69, 9.17) is 0 Å². The molecule has 0 spiro atoms. The van der Waals surface area contributed by atoms with Crippen LogP contribution in [0, 0.1) is 6.92 Å². The molecule has 2 heterocycles. The van der Waals surface area contributed by atoms with Gasteiger partial charge in [0.25, 0.3) is 0 Å². The van der Waals surface area contributed by atoms with Gasteiger partial charge in [0, 0.05) is 37.4 Å². The fraction of sp³-hybridized carbons (Fsp3) is 0.400. The maximum absolute atomic E-state index is 12.1. The van der Waals surface area contributed by atoms with E-state index in [9.17, 15) is 14.4 Å². The molecule has 3 rings (SSSR count). The Kier molecular flexibility index (Phi) is 3.70. The molecule has 7 nitrogen and oxygen atoms in total. The standard InChI is InChI=1S/C15H18N4O3/c1-10-4-5-11(9-12(10)18-7-2-3-13(18)20)17-15(22)19-8-6-16-14(19)21/h4-5,9H,2-3,6-8H2,1H3,(H,16,21)(H,17,22). The van der Waals surface area contributed by atoms with Gasteiger partial charge in [0.2, 0.25) is 5.91 Å². The third-order valence-electron chi connectivity index (χ3n) is 3.93. The van der Waals surface area contributed by atoms with Crippen molar-refractivity contribution in [2.24, 2.45) is 0 Å². The van der Waals surface area contributed by atoms with Gasteiger partial charge in [-0.3, -0.25) is 4.79 Å². The van der Waals surface area contributed by atoms with Gasteiger partial charge in [-0.1, -0.05) is 6.07 Å². The Morgan fingerprint density at radius 1 is 1.27 bits per heavy atom. The van der Waals surface area contributed by atoms with E-state index in [1.54, 1.807) is 17.0 Å². The third kappa shape index (κ3) is 2.61. The minimum atomic E-state index is -0.461. The molecule has 22 heavy (non-hydrogen) atoms. The normalized spacial score (nSPS) is 17.9. The molecule has 0 radical (unpaired) electrons. The largest absolute Gasteiger partial charge is 0.336 e. The molecule has 0 unspecified atom stereocenters. The SMILES string of the molecule is Cc1ccc(NC(=O)N2CCNC2=O)cc1N1CCCC1=O. The number of urea groups is 2. The lowest BCUT2D eigenvalue weighted by Gasteiger charge is -2.20. The van der Waals surface area contributed by atoms with Gasteiger partial charge in [0.05, 0.1) is 0 Å². The summed E-state index contributed by atoms with van der Waals surface area (Å²) in [6.07, 6.45) is 1.41. The van der Waals surface area contributed by atoms with Crippen molar-refractivity contribution in [3.8, 4) is 0 Å². The number of nitrogens with zero attached hydrogens (tertiary/aromatic N) is 2. The minimum Gasteiger partial charge on any atom is -0.336 e. The quantitative estimate of drug-likeness (QED) is 0.872. The Bertz CT molecular complexity index is 644. The number of benzene rings is 1. The summed E-state index contributed by atoms with van der Waals surface area (Å²) in [5.41, 5.74) is 2.36.